The summed E-state index contributed by atoms with van der Waals surface area (Å²) in [6.45, 7) is 0.841. The molecule has 0 aromatic heterocycles. The number of benzene rings is 3. The number of alkyl halides is 3. The van der Waals surface area contributed by atoms with Crippen molar-refractivity contribution in [3.05, 3.63) is 94.5 Å². The van der Waals surface area contributed by atoms with Crippen molar-refractivity contribution in [3.8, 4) is 0 Å². The van der Waals surface area contributed by atoms with Crippen LogP contribution in [0.2, 0.25) is 5.02 Å². The van der Waals surface area contributed by atoms with Crippen molar-refractivity contribution in [2.45, 2.75) is 36.4 Å². The molecule has 1 heterocycles. The van der Waals surface area contributed by atoms with Gasteiger partial charge in [-0.1, -0.05) is 48.4 Å². The summed E-state index contributed by atoms with van der Waals surface area (Å²) in [6.07, 6.45) is -3.90. The number of ether oxygens (including phenoxy) is 1. The Morgan fingerprint density at radius 3 is 2.18 bits per heavy atom. The Hall–Kier alpha value is -3.41. The smallest absolute Gasteiger partial charge is 0.418 e. The number of rotatable bonds is 7. The number of carbonyl (C=O) groups excluding carboxylic acids is 2. The van der Waals surface area contributed by atoms with E-state index in [9.17, 15) is 31.2 Å². The molecular weight excluding hydrogens is 557 g/mol. The molecule has 12 heteroatoms. The summed E-state index contributed by atoms with van der Waals surface area (Å²) in [6, 6.07) is 15.7. The molecule has 3 aromatic carbocycles. The van der Waals surface area contributed by atoms with Gasteiger partial charge in [0.1, 0.15) is 0 Å². The molecule has 1 saturated heterocycles. The molecule has 206 valence electrons. The van der Waals surface area contributed by atoms with Gasteiger partial charge >= 0.3 is 12.1 Å². The minimum atomic E-state index is -4.80. The number of hydrogen-bond acceptors (Lipinski definition) is 5. The standard InChI is InChI=1S/C27H24ClF3N2O5S/c28-20-11-14-23(22(17-20)27(29,30)31)32-25(34)24(18-7-3-1-4-8-18)38-26(35)19-9-12-21(13-10-19)39(36,37)33-15-5-2-6-16-33/h1,3-4,7-14,17,24H,2,5-6,15-16H2,(H,32,34). The van der Waals surface area contributed by atoms with E-state index in [4.69, 9.17) is 16.3 Å². The van der Waals surface area contributed by atoms with Crippen molar-refractivity contribution < 1.29 is 35.9 Å². The molecule has 1 unspecified atom stereocenters. The summed E-state index contributed by atoms with van der Waals surface area (Å²) in [5.41, 5.74) is -1.54. The van der Waals surface area contributed by atoms with Gasteiger partial charge in [-0.3, -0.25) is 4.79 Å². The summed E-state index contributed by atoms with van der Waals surface area (Å²) in [5, 5.41) is 2.02. The zero-order valence-corrected chi connectivity index (χ0v) is 22.0. The SMILES string of the molecule is O=C(OC(C(=O)Nc1ccc(Cl)cc1C(F)(F)F)c1ccccc1)c1ccc(S(=O)(=O)N2CCCCC2)cc1. The highest BCUT2D eigenvalue weighted by atomic mass is 35.5. The lowest BCUT2D eigenvalue weighted by Crippen LogP contribution is -2.35. The van der Waals surface area contributed by atoms with Crippen molar-refractivity contribution in [1.29, 1.82) is 0 Å². The fraction of sp³-hybridized carbons (Fsp3) is 0.259. The molecule has 1 N–H and O–H groups in total. The summed E-state index contributed by atoms with van der Waals surface area (Å²) in [7, 11) is -3.72. The van der Waals surface area contributed by atoms with Gasteiger partial charge in [-0.2, -0.15) is 17.5 Å². The molecule has 0 bridgehead atoms. The number of esters is 1. The van der Waals surface area contributed by atoms with Crippen LogP contribution in [0.25, 0.3) is 0 Å². The van der Waals surface area contributed by atoms with Crippen LogP contribution >= 0.6 is 11.6 Å². The maximum Gasteiger partial charge on any atom is 0.418 e. The Labute approximate surface area is 228 Å². The van der Waals surface area contributed by atoms with E-state index >= 15 is 0 Å². The monoisotopic (exact) mass is 580 g/mol. The Morgan fingerprint density at radius 1 is 0.923 bits per heavy atom. The summed E-state index contributed by atoms with van der Waals surface area (Å²) in [5.74, 6) is -1.99. The average molecular weight is 581 g/mol. The van der Waals surface area contributed by atoms with E-state index in [1.165, 1.54) is 46.8 Å². The fourth-order valence-corrected chi connectivity index (χ4v) is 5.84. The maximum absolute atomic E-state index is 13.5. The first-order valence-electron chi connectivity index (χ1n) is 12.0. The second-order valence-corrected chi connectivity index (χ2v) is 11.2. The van der Waals surface area contributed by atoms with Crippen LogP contribution in [0, 0.1) is 0 Å². The Bertz CT molecular complexity index is 1440. The molecule has 39 heavy (non-hydrogen) atoms. The van der Waals surface area contributed by atoms with Gasteiger partial charge in [0.2, 0.25) is 16.1 Å². The molecule has 7 nitrogen and oxygen atoms in total. The molecule has 0 spiro atoms. The zero-order chi connectivity index (χ0) is 28.2. The van der Waals surface area contributed by atoms with Gasteiger partial charge in [-0.15, -0.1) is 0 Å². The number of nitrogens with one attached hydrogen (secondary N) is 1. The molecule has 3 aromatic rings. The number of nitrogens with zero attached hydrogens (tertiary/aromatic N) is 1. The van der Waals surface area contributed by atoms with Gasteiger partial charge in [-0.25, -0.2) is 13.2 Å². The van der Waals surface area contributed by atoms with Gasteiger partial charge in [0.15, 0.2) is 0 Å². The van der Waals surface area contributed by atoms with Crippen LogP contribution in [0.1, 0.15) is 46.9 Å². The van der Waals surface area contributed by atoms with Crippen molar-refractivity contribution in [2.75, 3.05) is 18.4 Å². The van der Waals surface area contributed by atoms with E-state index in [0.717, 1.165) is 25.3 Å². The first kappa shape index (κ1) is 28.6. The number of piperidine rings is 1. The Morgan fingerprint density at radius 2 is 1.56 bits per heavy atom. The van der Waals surface area contributed by atoms with E-state index in [2.05, 4.69) is 5.32 Å². The van der Waals surface area contributed by atoms with Gasteiger partial charge < -0.3 is 10.1 Å². The average Bonchev–Trinajstić information content (AvgIpc) is 2.93. The van der Waals surface area contributed by atoms with E-state index < -0.39 is 45.4 Å². The Balaban J connectivity index is 1.56. The second kappa shape index (κ2) is 11.8. The van der Waals surface area contributed by atoms with Crippen molar-refractivity contribution in [1.82, 2.24) is 4.31 Å². The van der Waals surface area contributed by atoms with Crippen molar-refractivity contribution >= 4 is 39.2 Å². The lowest BCUT2D eigenvalue weighted by Gasteiger charge is -2.25. The highest BCUT2D eigenvalue weighted by molar-refractivity contribution is 7.89. The van der Waals surface area contributed by atoms with Gasteiger partial charge in [-0.05, 0) is 55.3 Å². The minimum Gasteiger partial charge on any atom is -0.444 e. The van der Waals surface area contributed by atoms with E-state index in [1.807, 2.05) is 0 Å². The first-order chi connectivity index (χ1) is 18.5. The molecule has 1 fully saturated rings. The summed E-state index contributed by atoms with van der Waals surface area (Å²) >= 11 is 5.72. The molecule has 1 atom stereocenters. The van der Waals surface area contributed by atoms with Gasteiger partial charge in [0.05, 0.1) is 21.7 Å². The van der Waals surface area contributed by atoms with Gasteiger partial charge in [0.25, 0.3) is 5.91 Å². The third kappa shape index (κ3) is 6.78. The maximum atomic E-state index is 13.5. The van der Waals surface area contributed by atoms with Crippen LogP contribution in [0.15, 0.2) is 77.7 Å². The van der Waals surface area contributed by atoms with Crippen LogP contribution in [0.4, 0.5) is 18.9 Å². The molecule has 1 amide bonds. The zero-order valence-electron chi connectivity index (χ0n) is 20.4. The Kier molecular flexibility index (Phi) is 8.63. The van der Waals surface area contributed by atoms with Crippen LogP contribution in [-0.4, -0.2) is 37.7 Å². The number of carbonyl (C=O) groups is 2. The number of halogens is 4. The third-order valence-corrected chi connectivity index (χ3v) is 8.30. The molecule has 0 aliphatic carbocycles. The van der Waals surface area contributed by atoms with Crippen LogP contribution in [0.5, 0.6) is 0 Å². The normalized spacial score (nSPS) is 15.4. The number of sulfonamides is 1. The van der Waals surface area contributed by atoms with E-state index in [-0.39, 0.29) is 21.0 Å². The predicted octanol–water partition coefficient (Wildman–Crippen LogP) is 6.07. The number of hydrogen-bond donors (Lipinski definition) is 1. The lowest BCUT2D eigenvalue weighted by molar-refractivity contribution is -0.137. The molecular formula is C27H24ClF3N2O5S. The number of anilines is 1. The van der Waals surface area contributed by atoms with E-state index in [0.29, 0.717) is 19.2 Å². The second-order valence-electron chi connectivity index (χ2n) is 8.86. The third-order valence-electron chi connectivity index (χ3n) is 6.15. The lowest BCUT2D eigenvalue weighted by atomic mass is 10.1. The number of amides is 1. The minimum absolute atomic E-state index is 0.0146. The first-order valence-corrected chi connectivity index (χ1v) is 13.8. The van der Waals surface area contributed by atoms with Crippen molar-refractivity contribution in [2.24, 2.45) is 0 Å². The quantitative estimate of drug-likeness (QED) is 0.342. The van der Waals surface area contributed by atoms with Crippen LogP contribution in [-0.2, 0) is 25.7 Å². The molecule has 1 aliphatic heterocycles. The highest BCUT2D eigenvalue weighted by Gasteiger charge is 2.35. The predicted molar refractivity (Wildman–Crippen MR) is 139 cm³/mol. The van der Waals surface area contributed by atoms with E-state index in [1.54, 1.807) is 18.2 Å². The van der Waals surface area contributed by atoms with Crippen LogP contribution < -0.4 is 5.32 Å². The molecule has 0 saturated carbocycles. The molecule has 0 radical (unpaired) electrons. The van der Waals surface area contributed by atoms with Crippen molar-refractivity contribution in [3.63, 3.8) is 0 Å². The van der Waals surface area contributed by atoms with Crippen LogP contribution in [0.3, 0.4) is 0 Å². The largest absolute Gasteiger partial charge is 0.444 e. The summed E-state index contributed by atoms with van der Waals surface area (Å²) in [4.78, 5) is 26.1. The fourth-order valence-electron chi connectivity index (χ4n) is 4.15. The topological polar surface area (TPSA) is 92.8 Å². The highest BCUT2D eigenvalue weighted by Crippen LogP contribution is 2.37. The van der Waals surface area contributed by atoms with Gasteiger partial charge in [0, 0.05) is 23.7 Å². The molecule has 4 rings (SSSR count). The molecule has 1 aliphatic rings. The summed E-state index contributed by atoms with van der Waals surface area (Å²) < 4.78 is 73.2.